The lowest BCUT2D eigenvalue weighted by atomic mass is 10.2. The van der Waals surface area contributed by atoms with Crippen LogP contribution in [0.25, 0.3) is 0 Å². The largest absolute Gasteiger partial charge is 0.474 e. The molecule has 0 fully saturated rings. The average molecular weight is 443 g/mol. The molecule has 0 unspecified atom stereocenters. The summed E-state index contributed by atoms with van der Waals surface area (Å²) in [7, 11) is 3.38. The monoisotopic (exact) mass is 442 g/mol. The van der Waals surface area contributed by atoms with Crippen molar-refractivity contribution in [2.45, 2.75) is 5.16 Å². The SMILES string of the molecule is COCCOc1ncccc1NC(=O)c1cccc(NC(=O)CSc2nncn2C)c1. The van der Waals surface area contributed by atoms with Gasteiger partial charge in [-0.25, -0.2) is 4.98 Å². The minimum absolute atomic E-state index is 0.167. The minimum Gasteiger partial charge on any atom is -0.474 e. The number of hydrogen-bond acceptors (Lipinski definition) is 8. The zero-order valence-electron chi connectivity index (χ0n) is 17.1. The zero-order valence-corrected chi connectivity index (χ0v) is 17.9. The van der Waals surface area contributed by atoms with Crippen LogP contribution in [0.3, 0.4) is 0 Å². The number of methoxy groups -OCH3 is 1. The number of carbonyl (C=O) groups is 2. The second kappa shape index (κ2) is 11.1. The Morgan fingerprint density at radius 3 is 2.81 bits per heavy atom. The van der Waals surface area contributed by atoms with Crippen LogP contribution < -0.4 is 15.4 Å². The summed E-state index contributed by atoms with van der Waals surface area (Å²) in [6, 6.07) is 10.1. The molecule has 2 heterocycles. The van der Waals surface area contributed by atoms with Crippen LogP contribution in [0.4, 0.5) is 11.4 Å². The van der Waals surface area contributed by atoms with Gasteiger partial charge in [0.2, 0.25) is 11.8 Å². The number of aryl methyl sites for hydroxylation is 1. The maximum Gasteiger partial charge on any atom is 0.255 e. The van der Waals surface area contributed by atoms with Crippen LogP contribution in [0.2, 0.25) is 0 Å². The van der Waals surface area contributed by atoms with Crippen LogP contribution in [-0.2, 0) is 16.6 Å². The number of thioether (sulfide) groups is 1. The molecule has 0 radical (unpaired) electrons. The van der Waals surface area contributed by atoms with E-state index < -0.39 is 0 Å². The van der Waals surface area contributed by atoms with E-state index in [4.69, 9.17) is 9.47 Å². The number of benzene rings is 1. The first-order chi connectivity index (χ1) is 15.1. The Morgan fingerprint density at radius 2 is 2.03 bits per heavy atom. The first-order valence-corrected chi connectivity index (χ1v) is 10.3. The molecule has 0 aliphatic heterocycles. The number of pyridine rings is 1. The van der Waals surface area contributed by atoms with Gasteiger partial charge in [0.1, 0.15) is 18.6 Å². The highest BCUT2D eigenvalue weighted by atomic mass is 32.2. The van der Waals surface area contributed by atoms with E-state index in [-0.39, 0.29) is 17.6 Å². The van der Waals surface area contributed by atoms with Crippen molar-refractivity contribution in [3.8, 4) is 5.88 Å². The summed E-state index contributed by atoms with van der Waals surface area (Å²) in [4.78, 5) is 29.1. The van der Waals surface area contributed by atoms with Gasteiger partial charge in [-0.2, -0.15) is 0 Å². The van der Waals surface area contributed by atoms with Gasteiger partial charge < -0.3 is 24.7 Å². The number of ether oxygens (including phenoxy) is 2. The third-order valence-electron chi connectivity index (χ3n) is 3.96. The number of hydrogen-bond donors (Lipinski definition) is 2. The Bertz CT molecular complexity index is 1040. The molecule has 31 heavy (non-hydrogen) atoms. The Hall–Kier alpha value is -3.44. The minimum atomic E-state index is -0.353. The number of amides is 2. The summed E-state index contributed by atoms with van der Waals surface area (Å²) >= 11 is 1.27. The Kier molecular flexibility index (Phi) is 7.96. The van der Waals surface area contributed by atoms with E-state index in [1.165, 1.54) is 11.8 Å². The summed E-state index contributed by atoms with van der Waals surface area (Å²) in [5.74, 6) is -0.0974. The molecule has 0 bridgehead atoms. The predicted octanol–water partition coefficient (Wildman–Crippen LogP) is 2.22. The van der Waals surface area contributed by atoms with E-state index in [0.29, 0.717) is 41.2 Å². The molecular weight excluding hydrogens is 420 g/mol. The van der Waals surface area contributed by atoms with Crippen molar-refractivity contribution in [3.63, 3.8) is 0 Å². The zero-order chi connectivity index (χ0) is 22.1. The maximum absolute atomic E-state index is 12.7. The van der Waals surface area contributed by atoms with Crippen LogP contribution >= 0.6 is 11.8 Å². The van der Waals surface area contributed by atoms with E-state index in [1.54, 1.807) is 67.6 Å². The third kappa shape index (κ3) is 6.52. The van der Waals surface area contributed by atoms with Gasteiger partial charge in [-0.15, -0.1) is 10.2 Å². The average Bonchev–Trinajstić information content (AvgIpc) is 3.18. The highest BCUT2D eigenvalue weighted by Gasteiger charge is 2.13. The highest BCUT2D eigenvalue weighted by Crippen LogP contribution is 2.22. The molecule has 3 rings (SSSR count). The summed E-state index contributed by atoms with van der Waals surface area (Å²) in [6.07, 6.45) is 3.14. The molecule has 11 heteroatoms. The Labute approximate surface area is 183 Å². The topological polar surface area (TPSA) is 120 Å². The van der Waals surface area contributed by atoms with E-state index in [1.807, 2.05) is 0 Å². The summed E-state index contributed by atoms with van der Waals surface area (Å²) in [6.45, 7) is 0.713. The van der Waals surface area contributed by atoms with E-state index in [9.17, 15) is 9.59 Å². The molecule has 0 aliphatic carbocycles. The molecule has 1 aromatic carbocycles. The molecule has 10 nitrogen and oxygen atoms in total. The molecule has 0 saturated carbocycles. The van der Waals surface area contributed by atoms with Gasteiger partial charge in [0.15, 0.2) is 5.16 Å². The molecule has 2 aromatic heterocycles. The third-order valence-corrected chi connectivity index (χ3v) is 4.99. The first-order valence-electron chi connectivity index (χ1n) is 9.31. The van der Waals surface area contributed by atoms with Crippen LogP contribution in [0.15, 0.2) is 54.1 Å². The van der Waals surface area contributed by atoms with Crippen molar-refractivity contribution in [1.29, 1.82) is 0 Å². The van der Waals surface area contributed by atoms with Crippen molar-refractivity contribution in [3.05, 3.63) is 54.5 Å². The van der Waals surface area contributed by atoms with Crippen molar-refractivity contribution < 1.29 is 19.1 Å². The molecule has 162 valence electrons. The van der Waals surface area contributed by atoms with E-state index >= 15 is 0 Å². The van der Waals surface area contributed by atoms with Crippen molar-refractivity contribution in [1.82, 2.24) is 19.7 Å². The van der Waals surface area contributed by atoms with E-state index in [0.717, 1.165) is 0 Å². The van der Waals surface area contributed by atoms with Crippen molar-refractivity contribution >= 4 is 35.0 Å². The van der Waals surface area contributed by atoms with Crippen molar-refractivity contribution in [2.75, 3.05) is 36.7 Å². The number of nitrogens with zero attached hydrogens (tertiary/aromatic N) is 4. The predicted molar refractivity (Wildman–Crippen MR) is 116 cm³/mol. The molecule has 3 aromatic rings. The van der Waals surface area contributed by atoms with Gasteiger partial charge in [-0.3, -0.25) is 9.59 Å². The summed E-state index contributed by atoms with van der Waals surface area (Å²) in [5, 5.41) is 13.9. The second-order valence-corrected chi connectivity index (χ2v) is 7.24. The maximum atomic E-state index is 12.7. The summed E-state index contributed by atoms with van der Waals surface area (Å²) < 4.78 is 12.2. The van der Waals surface area contributed by atoms with Crippen LogP contribution in [0.5, 0.6) is 5.88 Å². The second-order valence-electron chi connectivity index (χ2n) is 6.29. The first kappa shape index (κ1) is 22.2. The molecule has 0 aliphatic rings. The molecule has 0 saturated heterocycles. The normalized spacial score (nSPS) is 10.5. The standard InChI is InChI=1S/C20H22N6O4S/c1-26-13-22-25-20(26)31-12-17(27)23-15-6-3-5-14(11-15)18(28)24-16-7-4-8-21-19(16)30-10-9-29-2/h3-8,11,13H,9-10,12H2,1-2H3,(H,23,27)(H,24,28). The number of rotatable bonds is 10. The van der Waals surface area contributed by atoms with Crippen molar-refractivity contribution in [2.24, 2.45) is 7.05 Å². The summed E-state index contributed by atoms with van der Waals surface area (Å²) in [5.41, 5.74) is 1.34. The lowest BCUT2D eigenvalue weighted by Gasteiger charge is -2.12. The molecule has 2 amide bonds. The smallest absolute Gasteiger partial charge is 0.255 e. The van der Waals surface area contributed by atoms with Gasteiger partial charge in [0.05, 0.1) is 12.4 Å². The molecule has 0 atom stereocenters. The van der Waals surface area contributed by atoms with Gasteiger partial charge in [-0.1, -0.05) is 17.8 Å². The number of carbonyl (C=O) groups excluding carboxylic acids is 2. The van der Waals surface area contributed by atoms with Crippen LogP contribution in [-0.4, -0.2) is 57.6 Å². The highest BCUT2D eigenvalue weighted by molar-refractivity contribution is 7.99. The number of anilines is 2. The fourth-order valence-electron chi connectivity index (χ4n) is 2.49. The molecule has 2 N–H and O–H groups in total. The molecule has 0 spiro atoms. The van der Waals surface area contributed by atoms with E-state index in [2.05, 4.69) is 25.8 Å². The lowest BCUT2D eigenvalue weighted by Crippen LogP contribution is -2.17. The quantitative estimate of drug-likeness (QED) is 0.362. The fourth-order valence-corrected chi connectivity index (χ4v) is 3.17. The fraction of sp³-hybridized carbons (Fsp3) is 0.250. The van der Waals surface area contributed by atoms with Gasteiger partial charge in [0, 0.05) is 31.6 Å². The molecular formula is C20H22N6O4S. The van der Waals surface area contributed by atoms with Crippen LogP contribution in [0, 0.1) is 0 Å². The Morgan fingerprint density at radius 1 is 1.16 bits per heavy atom. The number of aromatic nitrogens is 4. The number of nitrogens with one attached hydrogen (secondary N) is 2. The Balaban J connectivity index is 1.60. The van der Waals surface area contributed by atoms with Gasteiger partial charge in [-0.05, 0) is 30.3 Å². The van der Waals surface area contributed by atoms with Crippen LogP contribution in [0.1, 0.15) is 10.4 Å². The van der Waals surface area contributed by atoms with Gasteiger partial charge >= 0.3 is 0 Å². The van der Waals surface area contributed by atoms with Gasteiger partial charge in [0.25, 0.3) is 5.91 Å². The lowest BCUT2D eigenvalue weighted by molar-refractivity contribution is -0.113.